The molecule has 2 aliphatic heterocycles. The van der Waals surface area contributed by atoms with Crippen molar-refractivity contribution in [3.05, 3.63) is 83.4 Å². The highest BCUT2D eigenvalue weighted by molar-refractivity contribution is 6.46. The van der Waals surface area contributed by atoms with Gasteiger partial charge in [0.1, 0.15) is 5.71 Å². The molecule has 5 rings (SSSR count). The summed E-state index contributed by atoms with van der Waals surface area (Å²) in [6.45, 7) is 3.32. The van der Waals surface area contributed by atoms with Crippen LogP contribution in [-0.2, 0) is 24.2 Å². The summed E-state index contributed by atoms with van der Waals surface area (Å²) >= 11 is 0. The lowest BCUT2D eigenvalue weighted by molar-refractivity contribution is -0.113. The largest absolute Gasteiger partial charge is 0.393 e. The molecule has 6 heteroatoms. The third kappa shape index (κ3) is 5.89. The highest BCUT2D eigenvalue weighted by Gasteiger charge is 2.21. The maximum Gasteiger partial charge on any atom is 0.181 e. The molecule has 1 saturated heterocycles. The Hall–Kier alpha value is -3.22. The summed E-state index contributed by atoms with van der Waals surface area (Å²) in [5, 5.41) is 9.77. The zero-order valence-electron chi connectivity index (χ0n) is 20.1. The SMILES string of the molecule is O=C(CCCc1cccnc1)C1=NCCc2ccc(-c3cncc(CN4CCC(O)CC4)c3)cc21. The van der Waals surface area contributed by atoms with Crippen molar-refractivity contribution in [2.75, 3.05) is 19.6 Å². The van der Waals surface area contributed by atoms with Gasteiger partial charge in [0.2, 0.25) is 0 Å². The topological polar surface area (TPSA) is 78.7 Å². The second-order valence-corrected chi connectivity index (χ2v) is 9.58. The quantitative estimate of drug-likeness (QED) is 0.540. The fourth-order valence-electron chi connectivity index (χ4n) is 4.99. The van der Waals surface area contributed by atoms with Gasteiger partial charge in [0.15, 0.2) is 5.78 Å². The molecule has 1 N–H and O–H groups in total. The number of hydrogen-bond acceptors (Lipinski definition) is 6. The normalized spacial score (nSPS) is 16.5. The van der Waals surface area contributed by atoms with Gasteiger partial charge >= 0.3 is 0 Å². The summed E-state index contributed by atoms with van der Waals surface area (Å²) in [6, 6.07) is 12.6. The molecule has 0 atom stereocenters. The van der Waals surface area contributed by atoms with Gasteiger partial charge in [-0.1, -0.05) is 18.2 Å². The average molecular weight is 469 g/mol. The van der Waals surface area contributed by atoms with Gasteiger partial charge in [-0.2, -0.15) is 0 Å². The van der Waals surface area contributed by atoms with E-state index in [-0.39, 0.29) is 11.9 Å². The van der Waals surface area contributed by atoms with Crippen molar-refractivity contribution in [2.24, 2.45) is 4.99 Å². The number of aromatic nitrogens is 2. The average Bonchev–Trinajstić information content (AvgIpc) is 2.90. The Balaban J connectivity index is 1.29. The van der Waals surface area contributed by atoms with Gasteiger partial charge in [-0.25, -0.2) is 0 Å². The number of piperidine rings is 1. The van der Waals surface area contributed by atoms with Crippen LogP contribution in [0.2, 0.25) is 0 Å². The van der Waals surface area contributed by atoms with Gasteiger partial charge in [0.05, 0.1) is 6.10 Å². The molecule has 0 bridgehead atoms. The molecule has 0 unspecified atom stereocenters. The number of Topliss-reactive ketones (excluding diaryl/α,β-unsaturated/α-hetero) is 1. The van der Waals surface area contributed by atoms with E-state index < -0.39 is 0 Å². The molecule has 2 aromatic heterocycles. The lowest BCUT2D eigenvalue weighted by atomic mass is 9.90. The van der Waals surface area contributed by atoms with Crippen LogP contribution in [0, 0.1) is 0 Å². The van der Waals surface area contributed by atoms with Crippen molar-refractivity contribution in [3.8, 4) is 11.1 Å². The van der Waals surface area contributed by atoms with Crippen LogP contribution in [0.5, 0.6) is 0 Å². The van der Waals surface area contributed by atoms with Crippen LogP contribution in [0.4, 0.5) is 0 Å². The molecule has 0 amide bonds. The highest BCUT2D eigenvalue weighted by atomic mass is 16.3. The number of aliphatic imine (C=N–C) groups is 1. The maximum atomic E-state index is 13.1. The monoisotopic (exact) mass is 468 g/mol. The highest BCUT2D eigenvalue weighted by Crippen LogP contribution is 2.27. The lowest BCUT2D eigenvalue weighted by Crippen LogP contribution is -2.35. The van der Waals surface area contributed by atoms with Gasteiger partial charge in [-0.15, -0.1) is 0 Å². The third-order valence-electron chi connectivity index (χ3n) is 6.96. The first kappa shape index (κ1) is 23.5. The molecule has 0 aliphatic carbocycles. The first-order chi connectivity index (χ1) is 17.2. The van der Waals surface area contributed by atoms with Gasteiger partial charge in [0, 0.05) is 68.5 Å². The van der Waals surface area contributed by atoms with Crippen LogP contribution >= 0.6 is 0 Å². The Morgan fingerprint density at radius 1 is 1.00 bits per heavy atom. The molecule has 3 aromatic rings. The number of aliphatic hydroxyl groups is 1. The molecule has 1 aromatic carbocycles. The van der Waals surface area contributed by atoms with Crippen LogP contribution < -0.4 is 0 Å². The zero-order valence-corrected chi connectivity index (χ0v) is 20.1. The number of carbonyl (C=O) groups is 1. The van der Waals surface area contributed by atoms with Crippen LogP contribution in [0.3, 0.4) is 0 Å². The Morgan fingerprint density at radius 2 is 1.86 bits per heavy atom. The summed E-state index contributed by atoms with van der Waals surface area (Å²) in [4.78, 5) is 28.8. The fraction of sp³-hybridized carbons (Fsp3) is 0.379. The van der Waals surface area contributed by atoms with E-state index in [4.69, 9.17) is 0 Å². The van der Waals surface area contributed by atoms with E-state index in [9.17, 15) is 9.90 Å². The van der Waals surface area contributed by atoms with E-state index >= 15 is 0 Å². The first-order valence-electron chi connectivity index (χ1n) is 12.6. The van der Waals surface area contributed by atoms with Crippen molar-refractivity contribution in [3.63, 3.8) is 0 Å². The number of benzene rings is 1. The first-order valence-corrected chi connectivity index (χ1v) is 12.6. The van der Waals surface area contributed by atoms with E-state index in [2.05, 4.69) is 44.1 Å². The van der Waals surface area contributed by atoms with Crippen LogP contribution in [0.25, 0.3) is 11.1 Å². The van der Waals surface area contributed by atoms with Crippen molar-refractivity contribution >= 4 is 11.5 Å². The number of pyridine rings is 2. The van der Waals surface area contributed by atoms with Crippen LogP contribution in [0.15, 0.2) is 66.2 Å². The summed E-state index contributed by atoms with van der Waals surface area (Å²) in [7, 11) is 0. The Bertz CT molecular complexity index is 1200. The summed E-state index contributed by atoms with van der Waals surface area (Å²) in [5.41, 5.74) is 7.21. The third-order valence-corrected chi connectivity index (χ3v) is 6.96. The van der Waals surface area contributed by atoms with E-state index in [1.165, 1.54) is 5.56 Å². The second kappa shape index (κ2) is 11.0. The number of carbonyl (C=O) groups excluding carboxylic acids is 1. The molecule has 6 nitrogen and oxygen atoms in total. The molecule has 0 saturated carbocycles. The molecular formula is C29H32N4O2. The van der Waals surface area contributed by atoms with E-state index in [1.54, 1.807) is 6.20 Å². The molecule has 4 heterocycles. The number of aryl methyl sites for hydroxylation is 1. The second-order valence-electron chi connectivity index (χ2n) is 9.58. The molecule has 0 spiro atoms. The minimum atomic E-state index is -0.167. The Labute approximate surface area is 206 Å². The minimum Gasteiger partial charge on any atom is -0.393 e. The molecule has 35 heavy (non-hydrogen) atoms. The molecule has 2 aliphatic rings. The minimum absolute atomic E-state index is 0.117. The number of hydrogen-bond donors (Lipinski definition) is 1. The molecular weight excluding hydrogens is 436 g/mol. The predicted octanol–water partition coefficient (Wildman–Crippen LogP) is 4.04. The zero-order chi connectivity index (χ0) is 24.0. The predicted molar refractivity (Wildman–Crippen MR) is 137 cm³/mol. The van der Waals surface area contributed by atoms with Gasteiger partial charge < -0.3 is 5.11 Å². The standard InChI is InChI=1S/C29H32N4O2/c34-26-9-13-33(14-10-26)20-22-15-25(19-31-18-22)24-7-6-23-8-12-32-29(27(23)16-24)28(35)5-1-3-21-4-2-11-30-17-21/h2,4,6-7,11,15-19,26,34H,1,3,5,8-10,12-14,20H2. The van der Waals surface area contributed by atoms with Crippen molar-refractivity contribution in [2.45, 2.75) is 51.2 Å². The number of ketones is 1. The van der Waals surface area contributed by atoms with E-state index in [0.717, 1.165) is 79.6 Å². The van der Waals surface area contributed by atoms with Gasteiger partial charge in [-0.05, 0) is 72.6 Å². The number of nitrogens with zero attached hydrogens (tertiary/aromatic N) is 4. The van der Waals surface area contributed by atoms with E-state index in [1.807, 2.05) is 30.7 Å². The molecule has 180 valence electrons. The van der Waals surface area contributed by atoms with Crippen molar-refractivity contribution in [1.82, 2.24) is 14.9 Å². The summed E-state index contributed by atoms with van der Waals surface area (Å²) in [6.07, 6.45) is 11.9. The van der Waals surface area contributed by atoms with Crippen molar-refractivity contribution in [1.29, 1.82) is 0 Å². The van der Waals surface area contributed by atoms with Gasteiger partial charge in [-0.3, -0.25) is 24.7 Å². The summed E-state index contributed by atoms with van der Waals surface area (Å²) in [5.74, 6) is 0.117. The lowest BCUT2D eigenvalue weighted by Gasteiger charge is -2.29. The molecule has 0 radical (unpaired) electrons. The molecule has 1 fully saturated rings. The smallest absolute Gasteiger partial charge is 0.181 e. The number of rotatable bonds is 8. The Kier molecular flexibility index (Phi) is 7.40. The van der Waals surface area contributed by atoms with Crippen molar-refractivity contribution < 1.29 is 9.90 Å². The van der Waals surface area contributed by atoms with Crippen LogP contribution in [-0.4, -0.2) is 57.2 Å². The number of fused-ring (bicyclic) bond motifs is 1. The Morgan fingerprint density at radius 3 is 2.69 bits per heavy atom. The summed E-state index contributed by atoms with van der Waals surface area (Å²) < 4.78 is 0. The maximum absolute atomic E-state index is 13.1. The van der Waals surface area contributed by atoms with E-state index in [0.29, 0.717) is 18.7 Å². The van der Waals surface area contributed by atoms with Crippen LogP contribution in [0.1, 0.15) is 47.9 Å². The fourth-order valence-corrected chi connectivity index (χ4v) is 4.99. The number of aliphatic hydroxyl groups excluding tert-OH is 1. The van der Waals surface area contributed by atoms with Gasteiger partial charge in [0.25, 0.3) is 0 Å². The number of likely N-dealkylation sites (tertiary alicyclic amines) is 1.